The third-order valence-electron chi connectivity index (χ3n) is 19.0. The Labute approximate surface area is 613 Å². The van der Waals surface area contributed by atoms with E-state index in [0.29, 0.717) is 25.7 Å². The number of hydrogen-bond donors (Lipinski definition) is 3. The van der Waals surface area contributed by atoms with E-state index in [0.717, 1.165) is 95.8 Å². The van der Waals surface area contributed by atoms with Crippen molar-refractivity contribution in [3.8, 4) is 0 Å². The molecule has 100 heavy (non-hydrogen) atoms. The van der Waals surface area contributed by atoms with Crippen molar-refractivity contribution < 1.29 is 80.2 Å². The van der Waals surface area contributed by atoms with Gasteiger partial charge in [0.15, 0.2) is 12.2 Å². The zero-order valence-corrected chi connectivity index (χ0v) is 67.1. The summed E-state index contributed by atoms with van der Waals surface area (Å²) in [4.78, 5) is 73.0. The van der Waals surface area contributed by atoms with Crippen LogP contribution in [0.4, 0.5) is 0 Å². The van der Waals surface area contributed by atoms with Crippen molar-refractivity contribution in [2.75, 3.05) is 39.6 Å². The van der Waals surface area contributed by atoms with E-state index in [1.54, 1.807) is 0 Å². The summed E-state index contributed by atoms with van der Waals surface area (Å²) < 4.78 is 68.7. The molecule has 0 aliphatic heterocycles. The van der Waals surface area contributed by atoms with Crippen LogP contribution >= 0.6 is 15.6 Å². The SMILES string of the molecule is CCCCCCCCCCCCCCCCCCCCCCCC(=O)O[C@H](COC(=O)CCCCCCCCCCCCCCC(C)C)COP(=O)(O)OC[C@@H](O)COP(=O)(O)OC[C@@H](COC(=O)CCCCCCCCCCCCCC)OC(=O)CCCCCCCCCCCCCC. The van der Waals surface area contributed by atoms with Crippen molar-refractivity contribution in [1.82, 2.24) is 0 Å². The number of rotatable bonds is 81. The number of aliphatic hydroxyl groups excluding tert-OH is 1. The van der Waals surface area contributed by atoms with Crippen LogP contribution in [0.3, 0.4) is 0 Å². The highest BCUT2D eigenvalue weighted by Gasteiger charge is 2.30. The molecule has 3 N–H and O–H groups in total. The second-order valence-corrected chi connectivity index (χ2v) is 32.5. The average Bonchev–Trinajstić information content (AvgIpc) is 0.970. The Bertz CT molecular complexity index is 1910. The summed E-state index contributed by atoms with van der Waals surface area (Å²) in [7, 11) is -9.92. The lowest BCUT2D eigenvalue weighted by molar-refractivity contribution is -0.161. The summed E-state index contributed by atoms with van der Waals surface area (Å²) in [6.07, 6.45) is 65.1. The van der Waals surface area contributed by atoms with E-state index in [2.05, 4.69) is 34.6 Å². The third kappa shape index (κ3) is 74.3. The molecule has 0 rings (SSSR count). The number of carbonyl (C=O) groups is 4. The molecular formula is C81H158O17P2. The molecule has 594 valence electrons. The first kappa shape index (κ1) is 98.1. The van der Waals surface area contributed by atoms with Crippen LogP contribution in [0.15, 0.2) is 0 Å². The summed E-state index contributed by atoms with van der Waals surface area (Å²) in [5, 5.41) is 10.6. The largest absolute Gasteiger partial charge is 0.472 e. The Morgan fingerprint density at radius 1 is 0.270 bits per heavy atom. The molecule has 0 spiro atoms. The number of aliphatic hydroxyl groups is 1. The Hall–Kier alpha value is -1.94. The van der Waals surface area contributed by atoms with E-state index in [1.165, 1.54) is 257 Å². The molecule has 0 amide bonds. The van der Waals surface area contributed by atoms with E-state index in [9.17, 15) is 43.2 Å². The summed E-state index contributed by atoms with van der Waals surface area (Å²) in [5.74, 6) is -1.32. The fourth-order valence-corrected chi connectivity index (χ4v) is 14.2. The van der Waals surface area contributed by atoms with Gasteiger partial charge in [-0.15, -0.1) is 0 Å². The van der Waals surface area contributed by atoms with E-state index >= 15 is 0 Å². The third-order valence-corrected chi connectivity index (χ3v) is 20.9. The fourth-order valence-electron chi connectivity index (χ4n) is 12.6. The van der Waals surface area contributed by atoms with Gasteiger partial charge in [-0.2, -0.15) is 0 Å². The van der Waals surface area contributed by atoms with Gasteiger partial charge in [0.2, 0.25) is 0 Å². The molecule has 0 bridgehead atoms. The predicted octanol–water partition coefficient (Wildman–Crippen LogP) is 24.4. The number of hydrogen-bond acceptors (Lipinski definition) is 15. The summed E-state index contributed by atoms with van der Waals surface area (Å²) in [5.41, 5.74) is 0. The standard InChI is InChI=1S/C81H158O17P2/c1-6-9-12-15-18-21-24-27-28-29-30-31-32-33-34-35-42-47-52-57-62-67-81(86)98-77(71-92-79(84)65-60-55-50-45-41-37-36-38-43-48-53-58-63-74(4)5)73-96-100(89,90)94-69-75(82)68-93-99(87,88)95-72-76(97-80(85)66-61-56-51-46-40-26-23-20-17-14-11-8-3)70-91-78(83)64-59-54-49-44-39-25-22-19-16-13-10-7-2/h74-77,82H,6-73H2,1-5H3,(H,87,88)(H,89,90)/t75-,76+,77+/m0/s1. The van der Waals surface area contributed by atoms with Gasteiger partial charge in [0.05, 0.1) is 26.4 Å². The normalized spacial score (nSPS) is 13.8. The Kier molecular flexibility index (Phi) is 72.5. The van der Waals surface area contributed by atoms with Crippen LogP contribution in [0.5, 0.6) is 0 Å². The van der Waals surface area contributed by atoms with Crippen LogP contribution in [0.2, 0.25) is 0 Å². The molecule has 0 saturated carbocycles. The van der Waals surface area contributed by atoms with Gasteiger partial charge < -0.3 is 33.8 Å². The maximum Gasteiger partial charge on any atom is 0.472 e. The number of unbranched alkanes of at least 4 members (excludes halogenated alkanes) is 53. The fraction of sp³-hybridized carbons (Fsp3) is 0.951. The van der Waals surface area contributed by atoms with Gasteiger partial charge in [-0.25, -0.2) is 9.13 Å². The second-order valence-electron chi connectivity index (χ2n) is 29.6. The summed E-state index contributed by atoms with van der Waals surface area (Å²) in [6.45, 7) is 7.34. The van der Waals surface area contributed by atoms with Crippen LogP contribution in [0, 0.1) is 5.92 Å². The minimum atomic E-state index is -4.96. The molecular weight excluding hydrogens is 1310 g/mol. The molecule has 0 aromatic rings. The molecule has 0 saturated heterocycles. The molecule has 17 nitrogen and oxygen atoms in total. The average molecular weight is 1470 g/mol. The van der Waals surface area contributed by atoms with Gasteiger partial charge in [-0.3, -0.25) is 37.3 Å². The van der Waals surface area contributed by atoms with Gasteiger partial charge in [0.25, 0.3) is 0 Å². The van der Waals surface area contributed by atoms with E-state index in [-0.39, 0.29) is 25.7 Å². The monoisotopic (exact) mass is 1470 g/mol. The topological polar surface area (TPSA) is 237 Å². The highest BCUT2D eigenvalue weighted by atomic mass is 31.2. The first-order chi connectivity index (χ1) is 48.5. The number of phosphoric ester groups is 2. The molecule has 19 heteroatoms. The highest BCUT2D eigenvalue weighted by molar-refractivity contribution is 7.47. The van der Waals surface area contributed by atoms with Gasteiger partial charge >= 0.3 is 39.5 Å². The zero-order chi connectivity index (χ0) is 73.4. The molecule has 0 radical (unpaired) electrons. The maximum atomic E-state index is 13.1. The summed E-state index contributed by atoms with van der Waals surface area (Å²) >= 11 is 0. The zero-order valence-electron chi connectivity index (χ0n) is 65.3. The molecule has 0 aromatic carbocycles. The minimum Gasteiger partial charge on any atom is -0.462 e. The lowest BCUT2D eigenvalue weighted by Gasteiger charge is -2.21. The number of carbonyl (C=O) groups excluding carboxylic acids is 4. The highest BCUT2D eigenvalue weighted by Crippen LogP contribution is 2.45. The first-order valence-corrected chi connectivity index (χ1v) is 45.1. The van der Waals surface area contributed by atoms with Crippen molar-refractivity contribution in [1.29, 1.82) is 0 Å². The minimum absolute atomic E-state index is 0.108. The molecule has 0 aliphatic carbocycles. The molecule has 0 aliphatic rings. The number of ether oxygens (including phenoxy) is 4. The molecule has 5 atom stereocenters. The summed E-state index contributed by atoms with van der Waals surface area (Å²) in [6, 6.07) is 0. The van der Waals surface area contributed by atoms with E-state index in [1.807, 2.05) is 0 Å². The number of phosphoric acid groups is 2. The van der Waals surface area contributed by atoms with Crippen LogP contribution in [-0.4, -0.2) is 96.7 Å². The van der Waals surface area contributed by atoms with Gasteiger partial charge in [0.1, 0.15) is 19.3 Å². The van der Waals surface area contributed by atoms with E-state index < -0.39 is 97.5 Å². The second kappa shape index (κ2) is 73.9. The van der Waals surface area contributed by atoms with Crippen molar-refractivity contribution in [2.45, 2.75) is 451 Å². The van der Waals surface area contributed by atoms with E-state index in [4.69, 9.17) is 37.0 Å². The van der Waals surface area contributed by atoms with Crippen molar-refractivity contribution in [3.63, 3.8) is 0 Å². The Balaban J connectivity index is 5.22. The van der Waals surface area contributed by atoms with Crippen molar-refractivity contribution >= 4 is 39.5 Å². The van der Waals surface area contributed by atoms with Gasteiger partial charge in [0, 0.05) is 25.7 Å². The lowest BCUT2D eigenvalue weighted by Crippen LogP contribution is -2.30. The predicted molar refractivity (Wildman–Crippen MR) is 409 cm³/mol. The molecule has 0 fully saturated rings. The van der Waals surface area contributed by atoms with Crippen LogP contribution in [-0.2, 0) is 65.4 Å². The van der Waals surface area contributed by atoms with Crippen LogP contribution < -0.4 is 0 Å². The number of esters is 4. The van der Waals surface area contributed by atoms with Crippen molar-refractivity contribution in [3.05, 3.63) is 0 Å². The molecule has 2 unspecified atom stereocenters. The van der Waals surface area contributed by atoms with Gasteiger partial charge in [-0.1, -0.05) is 381 Å². The molecule has 0 heterocycles. The quantitative estimate of drug-likeness (QED) is 0.0222. The smallest absolute Gasteiger partial charge is 0.462 e. The first-order valence-electron chi connectivity index (χ1n) is 42.1. The Morgan fingerprint density at radius 3 is 0.680 bits per heavy atom. The molecule has 0 aromatic heterocycles. The maximum absolute atomic E-state index is 13.1. The van der Waals surface area contributed by atoms with Crippen LogP contribution in [0.25, 0.3) is 0 Å². The van der Waals surface area contributed by atoms with Crippen LogP contribution in [0.1, 0.15) is 433 Å². The van der Waals surface area contributed by atoms with Crippen molar-refractivity contribution in [2.24, 2.45) is 5.92 Å². The Morgan fingerprint density at radius 2 is 0.460 bits per heavy atom. The lowest BCUT2D eigenvalue weighted by atomic mass is 10.0. The van der Waals surface area contributed by atoms with Gasteiger partial charge in [-0.05, 0) is 31.6 Å².